The average molecular weight is 347 g/mol. The Morgan fingerprint density at radius 1 is 1.05 bits per heavy atom. The minimum atomic E-state index is -1.27. The van der Waals surface area contributed by atoms with Crippen LogP contribution in [0.5, 0.6) is 5.75 Å². The van der Waals surface area contributed by atoms with Gasteiger partial charge >= 0.3 is 0 Å². The van der Waals surface area contributed by atoms with Crippen LogP contribution in [0.15, 0.2) is 34.8 Å². The van der Waals surface area contributed by atoms with E-state index in [9.17, 15) is 18.3 Å². The highest BCUT2D eigenvalue weighted by Crippen LogP contribution is 2.34. The van der Waals surface area contributed by atoms with Crippen LogP contribution in [0.3, 0.4) is 0 Å². The summed E-state index contributed by atoms with van der Waals surface area (Å²) in [6.45, 7) is 0. The Hall–Kier alpha value is -1.53. The van der Waals surface area contributed by atoms with Crippen molar-refractivity contribution >= 4 is 15.9 Å². The fourth-order valence-electron chi connectivity index (χ4n) is 1.80. The molecule has 2 rings (SSSR count). The Balaban J connectivity index is 2.49. The van der Waals surface area contributed by atoms with Crippen molar-refractivity contribution in [2.45, 2.75) is 6.10 Å². The summed E-state index contributed by atoms with van der Waals surface area (Å²) in [5.74, 6) is -2.51. The first-order valence-corrected chi connectivity index (χ1v) is 6.39. The number of rotatable bonds is 3. The first-order chi connectivity index (χ1) is 9.43. The quantitative estimate of drug-likeness (QED) is 0.911. The standard InChI is InChI=1S/C14H10BrF3O2/c1-20-13-6-11(17)9(15)5-8(13)14(19)7-2-3-10(16)12(18)4-7/h2-6,14,19H,1H3. The van der Waals surface area contributed by atoms with Crippen LogP contribution in [0.25, 0.3) is 0 Å². The summed E-state index contributed by atoms with van der Waals surface area (Å²) in [4.78, 5) is 0. The van der Waals surface area contributed by atoms with Crippen LogP contribution in [0.2, 0.25) is 0 Å². The van der Waals surface area contributed by atoms with E-state index in [1.165, 1.54) is 19.2 Å². The molecule has 0 fully saturated rings. The molecule has 0 amide bonds. The summed E-state index contributed by atoms with van der Waals surface area (Å²) in [5.41, 5.74) is 0.382. The Morgan fingerprint density at radius 2 is 1.75 bits per heavy atom. The lowest BCUT2D eigenvalue weighted by atomic mass is 10.0. The first-order valence-electron chi connectivity index (χ1n) is 5.60. The van der Waals surface area contributed by atoms with Crippen molar-refractivity contribution in [1.82, 2.24) is 0 Å². The van der Waals surface area contributed by atoms with Gasteiger partial charge in [0.05, 0.1) is 11.6 Å². The third-order valence-corrected chi connectivity index (χ3v) is 3.43. The third kappa shape index (κ3) is 2.81. The number of hydrogen-bond acceptors (Lipinski definition) is 2. The molecule has 106 valence electrons. The lowest BCUT2D eigenvalue weighted by Crippen LogP contribution is -2.04. The van der Waals surface area contributed by atoms with Gasteiger partial charge in [0.1, 0.15) is 17.7 Å². The number of methoxy groups -OCH3 is 1. The van der Waals surface area contributed by atoms with Gasteiger partial charge in [0, 0.05) is 11.6 Å². The lowest BCUT2D eigenvalue weighted by Gasteiger charge is -2.16. The van der Waals surface area contributed by atoms with Gasteiger partial charge in [-0.3, -0.25) is 0 Å². The number of ether oxygens (including phenoxy) is 1. The molecule has 0 spiro atoms. The maximum Gasteiger partial charge on any atom is 0.159 e. The minimum Gasteiger partial charge on any atom is -0.496 e. The van der Waals surface area contributed by atoms with Crippen molar-refractivity contribution in [2.75, 3.05) is 7.11 Å². The highest BCUT2D eigenvalue weighted by Gasteiger charge is 2.19. The molecule has 0 aliphatic rings. The largest absolute Gasteiger partial charge is 0.496 e. The average Bonchev–Trinajstić information content (AvgIpc) is 2.43. The van der Waals surface area contributed by atoms with Crippen molar-refractivity contribution in [2.24, 2.45) is 0 Å². The number of benzene rings is 2. The van der Waals surface area contributed by atoms with E-state index < -0.39 is 23.6 Å². The molecule has 1 N–H and O–H groups in total. The first kappa shape index (κ1) is 14.9. The molecule has 0 saturated heterocycles. The van der Waals surface area contributed by atoms with E-state index in [1.807, 2.05) is 0 Å². The van der Waals surface area contributed by atoms with Gasteiger partial charge in [-0.05, 0) is 39.7 Å². The number of halogens is 4. The summed E-state index contributed by atoms with van der Waals surface area (Å²) in [7, 11) is 1.32. The molecule has 0 aliphatic heterocycles. The SMILES string of the molecule is COc1cc(F)c(Br)cc1C(O)c1ccc(F)c(F)c1. The molecule has 0 heterocycles. The fourth-order valence-corrected chi connectivity index (χ4v) is 2.16. The molecular weight excluding hydrogens is 337 g/mol. The van der Waals surface area contributed by atoms with Gasteiger partial charge in [0.15, 0.2) is 11.6 Å². The van der Waals surface area contributed by atoms with Crippen molar-refractivity contribution in [3.63, 3.8) is 0 Å². The predicted octanol–water partition coefficient (Wildman–Crippen LogP) is 3.96. The van der Waals surface area contributed by atoms with Crippen LogP contribution in [0.1, 0.15) is 17.2 Å². The molecule has 2 aromatic carbocycles. The fraction of sp³-hybridized carbons (Fsp3) is 0.143. The summed E-state index contributed by atoms with van der Waals surface area (Å²) >= 11 is 3.00. The maximum absolute atomic E-state index is 13.4. The van der Waals surface area contributed by atoms with Crippen molar-refractivity contribution in [3.05, 3.63) is 63.4 Å². The van der Waals surface area contributed by atoms with Gasteiger partial charge in [0.25, 0.3) is 0 Å². The second kappa shape index (κ2) is 5.85. The molecule has 0 radical (unpaired) electrons. The highest BCUT2D eigenvalue weighted by atomic mass is 79.9. The minimum absolute atomic E-state index is 0.114. The van der Waals surface area contributed by atoms with Gasteiger partial charge in [-0.25, -0.2) is 13.2 Å². The molecule has 2 aromatic rings. The van der Waals surface area contributed by atoms with E-state index in [4.69, 9.17) is 4.74 Å². The van der Waals surface area contributed by atoms with Gasteiger partial charge < -0.3 is 9.84 Å². The van der Waals surface area contributed by atoms with E-state index in [0.29, 0.717) is 0 Å². The Morgan fingerprint density at radius 3 is 2.35 bits per heavy atom. The zero-order valence-corrected chi connectivity index (χ0v) is 11.9. The zero-order valence-electron chi connectivity index (χ0n) is 10.3. The van der Waals surface area contributed by atoms with Crippen LogP contribution in [-0.4, -0.2) is 12.2 Å². The van der Waals surface area contributed by atoms with Crippen LogP contribution in [-0.2, 0) is 0 Å². The van der Waals surface area contributed by atoms with E-state index in [-0.39, 0.29) is 21.3 Å². The normalized spacial score (nSPS) is 12.3. The molecule has 0 saturated carbocycles. The lowest BCUT2D eigenvalue weighted by molar-refractivity contribution is 0.213. The topological polar surface area (TPSA) is 29.5 Å². The Bertz CT molecular complexity index is 647. The second-order valence-electron chi connectivity index (χ2n) is 4.08. The van der Waals surface area contributed by atoms with Crippen molar-refractivity contribution in [3.8, 4) is 5.75 Å². The number of hydrogen-bond donors (Lipinski definition) is 1. The van der Waals surface area contributed by atoms with Crippen molar-refractivity contribution < 1.29 is 23.0 Å². The molecule has 6 heteroatoms. The maximum atomic E-state index is 13.4. The van der Waals surface area contributed by atoms with E-state index in [0.717, 1.165) is 18.2 Å². The molecule has 0 bridgehead atoms. The van der Waals surface area contributed by atoms with E-state index in [1.54, 1.807) is 0 Å². The van der Waals surface area contributed by atoms with Crippen LogP contribution < -0.4 is 4.74 Å². The smallest absolute Gasteiger partial charge is 0.159 e. The molecule has 0 aliphatic carbocycles. The number of aliphatic hydroxyl groups excluding tert-OH is 1. The highest BCUT2D eigenvalue weighted by molar-refractivity contribution is 9.10. The van der Waals surface area contributed by atoms with Crippen LogP contribution in [0.4, 0.5) is 13.2 Å². The molecule has 1 atom stereocenters. The van der Waals surface area contributed by atoms with Crippen LogP contribution >= 0.6 is 15.9 Å². The van der Waals surface area contributed by atoms with E-state index >= 15 is 0 Å². The summed E-state index contributed by atoms with van der Waals surface area (Å²) in [6.07, 6.45) is -1.27. The summed E-state index contributed by atoms with van der Waals surface area (Å²) < 4.78 is 44.6. The van der Waals surface area contributed by atoms with E-state index in [2.05, 4.69) is 15.9 Å². The summed E-state index contributed by atoms with van der Waals surface area (Å²) in [6, 6.07) is 5.48. The van der Waals surface area contributed by atoms with Crippen molar-refractivity contribution in [1.29, 1.82) is 0 Å². The van der Waals surface area contributed by atoms with Gasteiger partial charge in [0.2, 0.25) is 0 Å². The monoisotopic (exact) mass is 346 g/mol. The zero-order chi connectivity index (χ0) is 14.9. The molecule has 20 heavy (non-hydrogen) atoms. The van der Waals surface area contributed by atoms with Gasteiger partial charge in [-0.2, -0.15) is 0 Å². The molecule has 1 unspecified atom stereocenters. The third-order valence-electron chi connectivity index (χ3n) is 2.83. The molecular formula is C14H10BrF3O2. The Kier molecular flexibility index (Phi) is 4.35. The summed E-state index contributed by atoms with van der Waals surface area (Å²) in [5, 5.41) is 10.2. The number of aliphatic hydroxyl groups is 1. The second-order valence-corrected chi connectivity index (χ2v) is 4.94. The van der Waals surface area contributed by atoms with Gasteiger partial charge in [-0.1, -0.05) is 6.07 Å². The van der Waals surface area contributed by atoms with Gasteiger partial charge in [-0.15, -0.1) is 0 Å². The molecule has 2 nitrogen and oxygen atoms in total. The van der Waals surface area contributed by atoms with Crippen LogP contribution in [0, 0.1) is 17.5 Å². The molecule has 0 aromatic heterocycles. The predicted molar refractivity (Wildman–Crippen MR) is 71.1 cm³/mol. The Labute approximate surface area is 121 Å².